The number of aliphatic imine (C=N–C) groups is 1. The SMILES string of the molecule is CCOC(=O)CCCNC(=NC)NCC(C)Sc1ccccc1. The van der Waals surface area contributed by atoms with Crippen LogP contribution in [0.1, 0.15) is 26.7 Å². The van der Waals surface area contributed by atoms with E-state index in [4.69, 9.17) is 4.74 Å². The Bertz CT molecular complexity index is 480. The summed E-state index contributed by atoms with van der Waals surface area (Å²) in [4.78, 5) is 16.7. The zero-order valence-corrected chi connectivity index (χ0v) is 15.0. The molecule has 0 aromatic heterocycles. The first-order valence-electron chi connectivity index (χ1n) is 7.97. The van der Waals surface area contributed by atoms with Crippen LogP contribution < -0.4 is 10.6 Å². The molecule has 0 radical (unpaired) electrons. The molecule has 0 aliphatic carbocycles. The van der Waals surface area contributed by atoms with E-state index in [9.17, 15) is 4.79 Å². The third-order valence-electron chi connectivity index (χ3n) is 3.02. The van der Waals surface area contributed by atoms with Crippen molar-refractivity contribution in [3.63, 3.8) is 0 Å². The summed E-state index contributed by atoms with van der Waals surface area (Å²) < 4.78 is 4.90. The molecule has 1 aromatic rings. The molecule has 0 heterocycles. The van der Waals surface area contributed by atoms with Gasteiger partial charge in [-0.1, -0.05) is 25.1 Å². The van der Waals surface area contributed by atoms with Crippen LogP contribution in [0.4, 0.5) is 0 Å². The Hall–Kier alpha value is -1.69. The highest BCUT2D eigenvalue weighted by atomic mass is 32.2. The van der Waals surface area contributed by atoms with E-state index in [1.165, 1.54) is 4.90 Å². The van der Waals surface area contributed by atoms with Crippen LogP contribution in [-0.4, -0.2) is 43.9 Å². The normalized spacial score (nSPS) is 12.6. The highest BCUT2D eigenvalue weighted by Gasteiger charge is 2.06. The van der Waals surface area contributed by atoms with Gasteiger partial charge in [0.05, 0.1) is 6.61 Å². The Morgan fingerprint density at radius 3 is 2.70 bits per heavy atom. The molecule has 2 N–H and O–H groups in total. The third kappa shape index (κ3) is 9.13. The summed E-state index contributed by atoms with van der Waals surface area (Å²) in [5.74, 6) is 0.611. The Kier molecular flexibility index (Phi) is 9.95. The first kappa shape index (κ1) is 19.4. The van der Waals surface area contributed by atoms with Crippen LogP contribution in [0.25, 0.3) is 0 Å². The Labute approximate surface area is 143 Å². The second-order valence-corrected chi connectivity index (χ2v) is 6.54. The van der Waals surface area contributed by atoms with Gasteiger partial charge in [-0.15, -0.1) is 11.8 Å². The first-order valence-corrected chi connectivity index (χ1v) is 8.85. The van der Waals surface area contributed by atoms with E-state index in [1.807, 2.05) is 36.9 Å². The van der Waals surface area contributed by atoms with Gasteiger partial charge in [0.15, 0.2) is 5.96 Å². The van der Waals surface area contributed by atoms with Gasteiger partial charge in [-0.2, -0.15) is 0 Å². The van der Waals surface area contributed by atoms with E-state index in [0.29, 0.717) is 24.8 Å². The molecule has 0 bridgehead atoms. The molecule has 128 valence electrons. The Balaban J connectivity index is 2.19. The highest BCUT2D eigenvalue weighted by molar-refractivity contribution is 8.00. The predicted molar refractivity (Wildman–Crippen MR) is 97.0 cm³/mol. The van der Waals surface area contributed by atoms with Crippen molar-refractivity contribution in [3.8, 4) is 0 Å². The van der Waals surface area contributed by atoms with Crippen molar-refractivity contribution in [2.24, 2.45) is 4.99 Å². The maximum Gasteiger partial charge on any atom is 0.305 e. The lowest BCUT2D eigenvalue weighted by Gasteiger charge is -2.15. The molecule has 6 heteroatoms. The number of thioether (sulfide) groups is 1. The number of ether oxygens (including phenoxy) is 1. The van der Waals surface area contributed by atoms with Crippen LogP contribution in [0, 0.1) is 0 Å². The van der Waals surface area contributed by atoms with E-state index >= 15 is 0 Å². The predicted octanol–water partition coefficient (Wildman–Crippen LogP) is 2.68. The lowest BCUT2D eigenvalue weighted by Crippen LogP contribution is -2.40. The summed E-state index contributed by atoms with van der Waals surface area (Å²) in [6, 6.07) is 10.3. The molecule has 0 fully saturated rings. The lowest BCUT2D eigenvalue weighted by atomic mass is 10.3. The summed E-state index contributed by atoms with van der Waals surface area (Å²) in [5.41, 5.74) is 0. The van der Waals surface area contributed by atoms with Gasteiger partial charge in [-0.3, -0.25) is 9.79 Å². The van der Waals surface area contributed by atoms with Crippen molar-refractivity contribution < 1.29 is 9.53 Å². The molecule has 0 saturated carbocycles. The highest BCUT2D eigenvalue weighted by Crippen LogP contribution is 2.21. The number of hydrogen-bond acceptors (Lipinski definition) is 4. The van der Waals surface area contributed by atoms with Crippen molar-refractivity contribution >= 4 is 23.7 Å². The van der Waals surface area contributed by atoms with E-state index in [1.54, 1.807) is 7.05 Å². The molecule has 0 aliphatic heterocycles. The van der Waals surface area contributed by atoms with Gasteiger partial charge in [-0.25, -0.2) is 0 Å². The summed E-state index contributed by atoms with van der Waals surface area (Å²) in [6.45, 7) is 5.94. The molecule has 5 nitrogen and oxygen atoms in total. The smallest absolute Gasteiger partial charge is 0.305 e. The minimum absolute atomic E-state index is 0.148. The van der Waals surface area contributed by atoms with E-state index in [2.05, 4.69) is 34.7 Å². The van der Waals surface area contributed by atoms with Gasteiger partial charge >= 0.3 is 5.97 Å². The molecular formula is C17H27N3O2S. The second kappa shape index (κ2) is 11.8. The Morgan fingerprint density at radius 2 is 2.04 bits per heavy atom. The molecule has 1 rings (SSSR count). The largest absolute Gasteiger partial charge is 0.466 e. The van der Waals surface area contributed by atoms with Crippen molar-refractivity contribution in [2.45, 2.75) is 36.8 Å². The fraction of sp³-hybridized carbons (Fsp3) is 0.529. The van der Waals surface area contributed by atoms with Crippen LogP contribution in [0.3, 0.4) is 0 Å². The minimum Gasteiger partial charge on any atom is -0.466 e. The van der Waals surface area contributed by atoms with Crippen molar-refractivity contribution in [1.29, 1.82) is 0 Å². The number of esters is 1. The molecule has 1 aromatic carbocycles. The van der Waals surface area contributed by atoms with Crippen LogP contribution >= 0.6 is 11.8 Å². The van der Waals surface area contributed by atoms with E-state index < -0.39 is 0 Å². The monoisotopic (exact) mass is 337 g/mol. The fourth-order valence-corrected chi connectivity index (χ4v) is 2.85. The second-order valence-electron chi connectivity index (χ2n) is 5.03. The molecule has 23 heavy (non-hydrogen) atoms. The molecule has 0 saturated heterocycles. The number of nitrogens with zero attached hydrogens (tertiary/aromatic N) is 1. The fourth-order valence-electron chi connectivity index (χ4n) is 1.91. The number of hydrogen-bond donors (Lipinski definition) is 2. The zero-order chi connectivity index (χ0) is 16.9. The van der Waals surface area contributed by atoms with Gasteiger partial charge < -0.3 is 15.4 Å². The average molecular weight is 337 g/mol. The third-order valence-corrected chi connectivity index (χ3v) is 4.13. The van der Waals surface area contributed by atoms with Gasteiger partial charge in [-0.05, 0) is 25.5 Å². The van der Waals surface area contributed by atoms with Gasteiger partial charge in [0.25, 0.3) is 0 Å². The van der Waals surface area contributed by atoms with Crippen LogP contribution in [0.5, 0.6) is 0 Å². The molecule has 0 amide bonds. The maximum atomic E-state index is 11.2. The quantitative estimate of drug-likeness (QED) is 0.238. The molecule has 0 spiro atoms. The number of nitrogens with one attached hydrogen (secondary N) is 2. The average Bonchev–Trinajstić information content (AvgIpc) is 2.55. The number of guanidine groups is 1. The van der Waals surface area contributed by atoms with Crippen molar-refractivity contribution in [3.05, 3.63) is 30.3 Å². The summed E-state index contributed by atoms with van der Waals surface area (Å²) in [6.07, 6.45) is 1.16. The molecule has 0 aliphatic rings. The number of carbonyl (C=O) groups excluding carboxylic acids is 1. The molecular weight excluding hydrogens is 310 g/mol. The number of rotatable bonds is 9. The minimum atomic E-state index is -0.148. The Morgan fingerprint density at radius 1 is 1.30 bits per heavy atom. The maximum absolute atomic E-state index is 11.2. The first-order chi connectivity index (χ1) is 11.2. The van der Waals surface area contributed by atoms with E-state index in [0.717, 1.165) is 18.9 Å². The van der Waals surface area contributed by atoms with Crippen LogP contribution in [0.15, 0.2) is 40.2 Å². The summed E-state index contributed by atoms with van der Waals surface area (Å²) in [5, 5.41) is 6.94. The zero-order valence-electron chi connectivity index (χ0n) is 14.2. The van der Waals surface area contributed by atoms with Crippen molar-refractivity contribution in [1.82, 2.24) is 10.6 Å². The van der Waals surface area contributed by atoms with Crippen LogP contribution in [-0.2, 0) is 9.53 Å². The van der Waals surface area contributed by atoms with E-state index in [-0.39, 0.29) is 5.97 Å². The van der Waals surface area contributed by atoms with Gasteiger partial charge in [0.2, 0.25) is 0 Å². The summed E-state index contributed by atoms with van der Waals surface area (Å²) >= 11 is 1.83. The topological polar surface area (TPSA) is 62.7 Å². The van der Waals surface area contributed by atoms with Gasteiger partial charge in [0, 0.05) is 36.7 Å². The number of benzene rings is 1. The number of carbonyl (C=O) groups is 1. The summed E-state index contributed by atoms with van der Waals surface area (Å²) in [7, 11) is 1.75. The van der Waals surface area contributed by atoms with Crippen molar-refractivity contribution in [2.75, 3.05) is 26.7 Å². The van der Waals surface area contributed by atoms with Crippen LogP contribution in [0.2, 0.25) is 0 Å². The molecule has 1 unspecified atom stereocenters. The standard InChI is InChI=1S/C17H27N3O2S/c1-4-22-16(21)11-8-12-19-17(18-3)20-13-14(2)23-15-9-6-5-7-10-15/h5-7,9-10,14H,4,8,11-13H2,1-3H3,(H2,18,19,20). The molecule has 1 atom stereocenters. The van der Waals surface area contributed by atoms with Gasteiger partial charge in [0.1, 0.15) is 0 Å². The lowest BCUT2D eigenvalue weighted by molar-refractivity contribution is -0.143.